The Morgan fingerprint density at radius 2 is 1.90 bits per heavy atom. The van der Waals surface area contributed by atoms with Crippen LogP contribution in [0.25, 0.3) is 0 Å². The first-order valence-electron chi connectivity index (χ1n) is 9.86. The van der Waals surface area contributed by atoms with Crippen molar-refractivity contribution in [2.24, 2.45) is 4.99 Å². The second-order valence-corrected chi connectivity index (χ2v) is 6.81. The Kier molecular flexibility index (Phi) is 6.85. The van der Waals surface area contributed by atoms with Gasteiger partial charge in [-0.15, -0.1) is 0 Å². The molecule has 0 spiro atoms. The number of aliphatic imine (C=N–C) groups is 1. The summed E-state index contributed by atoms with van der Waals surface area (Å²) < 4.78 is 7.24. The zero-order valence-corrected chi connectivity index (χ0v) is 17.8. The van der Waals surface area contributed by atoms with Crippen molar-refractivity contribution in [1.82, 2.24) is 15.1 Å². The van der Waals surface area contributed by atoms with E-state index in [0.29, 0.717) is 23.8 Å². The number of aryl methyl sites for hydroxylation is 2. The van der Waals surface area contributed by atoms with Gasteiger partial charge in [0, 0.05) is 35.1 Å². The van der Waals surface area contributed by atoms with E-state index in [1.807, 2.05) is 61.0 Å². The standard InChI is InChI=1S/C23H27N5O2/c1-5-28-17(3)21(16(2)27-28)15-24-23(25-19-12-9-13-20(14-19)30-4)26-22(29)18-10-7-6-8-11-18/h6-14H,5,15H2,1-4H3,(H2,24,25,26,29). The topological polar surface area (TPSA) is 80.5 Å². The Morgan fingerprint density at radius 3 is 2.57 bits per heavy atom. The zero-order chi connectivity index (χ0) is 21.5. The normalized spacial score (nSPS) is 11.3. The molecule has 1 amide bonds. The summed E-state index contributed by atoms with van der Waals surface area (Å²) in [6.45, 7) is 7.27. The number of carbonyl (C=O) groups excluding carboxylic acids is 1. The highest BCUT2D eigenvalue weighted by Gasteiger charge is 2.13. The SMILES string of the molecule is CCn1nc(C)c(CN=C(NC(=O)c2ccccc2)Nc2cccc(OC)c2)c1C. The molecule has 1 aromatic heterocycles. The maximum atomic E-state index is 12.7. The summed E-state index contributed by atoms with van der Waals surface area (Å²) >= 11 is 0. The number of aromatic nitrogens is 2. The third-order valence-electron chi connectivity index (χ3n) is 4.83. The maximum absolute atomic E-state index is 12.7. The van der Waals surface area contributed by atoms with Gasteiger partial charge in [0.15, 0.2) is 0 Å². The van der Waals surface area contributed by atoms with Crippen molar-refractivity contribution >= 4 is 17.6 Å². The molecule has 0 aliphatic rings. The van der Waals surface area contributed by atoms with E-state index in [1.54, 1.807) is 19.2 Å². The highest BCUT2D eigenvalue weighted by atomic mass is 16.5. The van der Waals surface area contributed by atoms with Gasteiger partial charge in [0.05, 0.1) is 19.3 Å². The molecule has 2 N–H and O–H groups in total. The van der Waals surface area contributed by atoms with Gasteiger partial charge in [-0.1, -0.05) is 24.3 Å². The van der Waals surface area contributed by atoms with E-state index in [-0.39, 0.29) is 5.91 Å². The zero-order valence-electron chi connectivity index (χ0n) is 17.8. The molecule has 0 saturated carbocycles. The van der Waals surface area contributed by atoms with Crippen molar-refractivity contribution in [3.05, 3.63) is 77.1 Å². The molecule has 156 valence electrons. The third kappa shape index (κ3) is 5.05. The Bertz CT molecular complexity index is 1040. The van der Waals surface area contributed by atoms with E-state index >= 15 is 0 Å². The number of benzene rings is 2. The summed E-state index contributed by atoms with van der Waals surface area (Å²) in [5.41, 5.74) is 4.39. The first-order valence-corrected chi connectivity index (χ1v) is 9.86. The van der Waals surface area contributed by atoms with Crippen molar-refractivity contribution in [1.29, 1.82) is 0 Å². The Hall–Kier alpha value is -3.61. The van der Waals surface area contributed by atoms with Crippen molar-refractivity contribution in [2.75, 3.05) is 12.4 Å². The largest absolute Gasteiger partial charge is 0.497 e. The van der Waals surface area contributed by atoms with Crippen molar-refractivity contribution in [2.45, 2.75) is 33.9 Å². The molecule has 0 bridgehead atoms. The van der Waals surface area contributed by atoms with Crippen LogP contribution in [0.4, 0.5) is 5.69 Å². The first kappa shape index (κ1) is 21.1. The van der Waals surface area contributed by atoms with Crippen LogP contribution in [0.1, 0.15) is 34.2 Å². The van der Waals surface area contributed by atoms with Gasteiger partial charge in [-0.2, -0.15) is 5.10 Å². The summed E-state index contributed by atoms with van der Waals surface area (Å²) in [7, 11) is 1.61. The fourth-order valence-electron chi connectivity index (χ4n) is 3.15. The summed E-state index contributed by atoms with van der Waals surface area (Å²) in [6, 6.07) is 16.5. The lowest BCUT2D eigenvalue weighted by Gasteiger charge is -2.13. The number of hydrogen-bond donors (Lipinski definition) is 2. The molecule has 0 atom stereocenters. The number of nitrogens with zero attached hydrogens (tertiary/aromatic N) is 3. The number of anilines is 1. The molecule has 30 heavy (non-hydrogen) atoms. The Balaban J connectivity index is 1.87. The molecule has 7 heteroatoms. The first-order chi connectivity index (χ1) is 14.5. The van der Waals surface area contributed by atoms with E-state index < -0.39 is 0 Å². The fourth-order valence-corrected chi connectivity index (χ4v) is 3.15. The van der Waals surface area contributed by atoms with E-state index in [4.69, 9.17) is 4.74 Å². The molecular formula is C23H27N5O2. The lowest BCUT2D eigenvalue weighted by molar-refractivity contribution is 0.0977. The molecule has 2 aromatic carbocycles. The van der Waals surface area contributed by atoms with E-state index in [2.05, 4.69) is 27.6 Å². The van der Waals surface area contributed by atoms with Crippen LogP contribution in [0, 0.1) is 13.8 Å². The van der Waals surface area contributed by atoms with Crippen LogP contribution in [0.5, 0.6) is 5.75 Å². The van der Waals surface area contributed by atoms with Crippen LogP contribution in [0.2, 0.25) is 0 Å². The molecule has 0 saturated heterocycles. The number of nitrogens with one attached hydrogen (secondary N) is 2. The van der Waals surface area contributed by atoms with Crippen LogP contribution < -0.4 is 15.4 Å². The highest BCUT2D eigenvalue weighted by Crippen LogP contribution is 2.17. The summed E-state index contributed by atoms with van der Waals surface area (Å²) in [4.78, 5) is 17.3. The number of methoxy groups -OCH3 is 1. The summed E-state index contributed by atoms with van der Waals surface area (Å²) in [5.74, 6) is 0.840. The summed E-state index contributed by atoms with van der Waals surface area (Å²) in [6.07, 6.45) is 0. The Morgan fingerprint density at radius 1 is 1.13 bits per heavy atom. The van der Waals surface area contributed by atoms with Gasteiger partial charge in [0.25, 0.3) is 5.91 Å². The molecule has 0 unspecified atom stereocenters. The minimum atomic E-state index is -0.234. The highest BCUT2D eigenvalue weighted by molar-refractivity contribution is 6.09. The van der Waals surface area contributed by atoms with Crippen LogP contribution >= 0.6 is 0 Å². The van der Waals surface area contributed by atoms with Crippen LogP contribution in [0.15, 0.2) is 59.6 Å². The molecule has 0 aliphatic carbocycles. The van der Waals surface area contributed by atoms with Gasteiger partial charge >= 0.3 is 0 Å². The fraction of sp³-hybridized carbons (Fsp3) is 0.261. The monoisotopic (exact) mass is 405 g/mol. The van der Waals surface area contributed by atoms with Gasteiger partial charge in [-0.25, -0.2) is 4.99 Å². The molecule has 1 heterocycles. The van der Waals surface area contributed by atoms with Gasteiger partial charge in [0.1, 0.15) is 5.75 Å². The lowest BCUT2D eigenvalue weighted by Crippen LogP contribution is -2.36. The minimum Gasteiger partial charge on any atom is -0.497 e. The Labute approximate surface area is 176 Å². The molecule has 3 rings (SSSR count). The van der Waals surface area contributed by atoms with Gasteiger partial charge in [-0.05, 0) is 45.0 Å². The lowest BCUT2D eigenvalue weighted by atomic mass is 10.2. The summed E-state index contributed by atoms with van der Waals surface area (Å²) in [5, 5.41) is 10.6. The number of carbonyl (C=O) groups is 1. The maximum Gasteiger partial charge on any atom is 0.257 e. The van der Waals surface area contributed by atoms with Crippen molar-refractivity contribution in [3.63, 3.8) is 0 Å². The van der Waals surface area contributed by atoms with Gasteiger partial charge < -0.3 is 10.1 Å². The molecule has 3 aromatic rings. The van der Waals surface area contributed by atoms with Crippen LogP contribution in [-0.2, 0) is 13.1 Å². The average molecular weight is 406 g/mol. The number of rotatable bonds is 6. The van der Waals surface area contributed by atoms with Crippen molar-refractivity contribution < 1.29 is 9.53 Å². The van der Waals surface area contributed by atoms with Gasteiger partial charge in [0.2, 0.25) is 5.96 Å². The second kappa shape index (κ2) is 9.73. The van der Waals surface area contributed by atoms with Crippen LogP contribution in [-0.4, -0.2) is 28.8 Å². The van der Waals surface area contributed by atoms with E-state index in [1.165, 1.54) is 0 Å². The number of guanidine groups is 1. The smallest absolute Gasteiger partial charge is 0.257 e. The molecule has 0 fully saturated rings. The molecule has 0 aliphatic heterocycles. The average Bonchev–Trinajstić information content (AvgIpc) is 3.05. The van der Waals surface area contributed by atoms with E-state index in [0.717, 1.165) is 29.2 Å². The van der Waals surface area contributed by atoms with Crippen molar-refractivity contribution in [3.8, 4) is 5.75 Å². The molecule has 0 radical (unpaired) electrons. The quantitative estimate of drug-likeness (QED) is 0.481. The van der Waals surface area contributed by atoms with Crippen LogP contribution in [0.3, 0.4) is 0 Å². The number of hydrogen-bond acceptors (Lipinski definition) is 4. The molecule has 7 nitrogen and oxygen atoms in total. The number of amides is 1. The molecular weight excluding hydrogens is 378 g/mol. The predicted octanol–water partition coefficient (Wildman–Crippen LogP) is 3.93. The van der Waals surface area contributed by atoms with E-state index in [9.17, 15) is 4.79 Å². The van der Waals surface area contributed by atoms with Gasteiger partial charge in [-0.3, -0.25) is 14.8 Å². The minimum absolute atomic E-state index is 0.234. The third-order valence-corrected chi connectivity index (χ3v) is 4.83. The predicted molar refractivity (Wildman–Crippen MR) is 119 cm³/mol. The second-order valence-electron chi connectivity index (χ2n) is 6.81. The number of ether oxygens (including phenoxy) is 1.